The number of ether oxygens (including phenoxy) is 1. The number of aromatic nitrogens is 6. The van der Waals surface area contributed by atoms with Gasteiger partial charge in [0.05, 0.1) is 13.3 Å². The van der Waals surface area contributed by atoms with Crippen LogP contribution in [0.25, 0.3) is 5.65 Å². The first-order chi connectivity index (χ1) is 14.6. The summed E-state index contributed by atoms with van der Waals surface area (Å²) >= 11 is 0. The number of nitrogens with zero attached hydrogens (tertiary/aromatic N) is 8. The summed E-state index contributed by atoms with van der Waals surface area (Å²) in [4.78, 5) is 30.8. The number of fused-ring (bicyclic) bond motifs is 1. The molecule has 4 rings (SSSR count). The first-order valence-corrected chi connectivity index (χ1v) is 9.08. The van der Waals surface area contributed by atoms with Crippen LogP contribution in [0.3, 0.4) is 0 Å². The lowest BCUT2D eigenvalue weighted by Crippen LogP contribution is -2.27. The van der Waals surface area contributed by atoms with Crippen molar-refractivity contribution < 1.29 is 9.53 Å². The third-order valence-electron chi connectivity index (χ3n) is 4.54. The normalized spacial score (nSPS) is 15.6. The molecule has 30 heavy (non-hydrogen) atoms. The number of hydrogen-bond acceptors (Lipinski definition) is 10. The van der Waals surface area contributed by atoms with E-state index in [4.69, 9.17) is 10.00 Å². The van der Waals surface area contributed by atoms with E-state index in [2.05, 4.69) is 47.1 Å². The van der Waals surface area contributed by atoms with Crippen molar-refractivity contribution in [1.29, 1.82) is 5.26 Å². The molecule has 3 aromatic rings. The molecule has 0 spiro atoms. The highest BCUT2D eigenvalue weighted by Gasteiger charge is 2.27. The van der Waals surface area contributed by atoms with Crippen LogP contribution in [-0.4, -0.2) is 61.7 Å². The number of methoxy groups -OCH3 is 1. The third-order valence-corrected chi connectivity index (χ3v) is 4.54. The lowest BCUT2D eigenvalue weighted by Gasteiger charge is -2.18. The standard InChI is InChI=1S/C18H18N10O2/c1-3-13(29)23-18-24-15-14(20-5-7-28(15)26-18)27-6-4-12(10-27)22-17-21-9-11(8-19)16(25-17)30-2/h3,5,7,9,12H,1,4,6,10H2,2H3,(H,21,22,25)(H,23,26,29). The Morgan fingerprint density at radius 3 is 3.03 bits per heavy atom. The topological polar surface area (TPSA) is 146 Å². The van der Waals surface area contributed by atoms with Gasteiger partial charge in [0.1, 0.15) is 11.6 Å². The summed E-state index contributed by atoms with van der Waals surface area (Å²) in [6.45, 7) is 4.79. The van der Waals surface area contributed by atoms with Gasteiger partial charge in [0.15, 0.2) is 11.5 Å². The predicted molar refractivity (Wildman–Crippen MR) is 107 cm³/mol. The van der Waals surface area contributed by atoms with Crippen LogP contribution < -0.4 is 20.3 Å². The van der Waals surface area contributed by atoms with Crippen LogP contribution >= 0.6 is 0 Å². The smallest absolute Gasteiger partial charge is 0.250 e. The monoisotopic (exact) mass is 406 g/mol. The van der Waals surface area contributed by atoms with Gasteiger partial charge in [0, 0.05) is 31.5 Å². The number of carbonyl (C=O) groups excluding carboxylic acids is 1. The van der Waals surface area contributed by atoms with Crippen molar-refractivity contribution in [2.24, 2.45) is 0 Å². The summed E-state index contributed by atoms with van der Waals surface area (Å²) < 4.78 is 6.70. The number of nitrogens with one attached hydrogen (secondary N) is 2. The molecule has 1 aliphatic rings. The van der Waals surface area contributed by atoms with Crippen LogP contribution in [0.1, 0.15) is 12.0 Å². The van der Waals surface area contributed by atoms with Crippen molar-refractivity contribution >= 4 is 29.3 Å². The van der Waals surface area contributed by atoms with E-state index in [0.29, 0.717) is 24.0 Å². The van der Waals surface area contributed by atoms with Crippen LogP contribution in [0.15, 0.2) is 31.2 Å². The Labute approximate surface area is 171 Å². The van der Waals surface area contributed by atoms with Crippen molar-refractivity contribution in [3.63, 3.8) is 0 Å². The van der Waals surface area contributed by atoms with E-state index in [0.717, 1.165) is 19.0 Å². The van der Waals surface area contributed by atoms with Gasteiger partial charge in [0.25, 0.3) is 0 Å². The summed E-state index contributed by atoms with van der Waals surface area (Å²) in [5.74, 6) is 1.08. The van der Waals surface area contributed by atoms with Crippen LogP contribution in [-0.2, 0) is 4.79 Å². The van der Waals surface area contributed by atoms with E-state index in [9.17, 15) is 4.79 Å². The zero-order valence-corrected chi connectivity index (χ0v) is 16.1. The highest BCUT2D eigenvalue weighted by molar-refractivity contribution is 5.97. The van der Waals surface area contributed by atoms with Gasteiger partial charge in [-0.15, -0.1) is 5.10 Å². The molecular weight excluding hydrogens is 388 g/mol. The maximum absolute atomic E-state index is 11.5. The van der Waals surface area contributed by atoms with E-state index >= 15 is 0 Å². The minimum Gasteiger partial charge on any atom is -0.480 e. The second kappa shape index (κ2) is 8.00. The molecule has 1 fully saturated rings. The molecule has 1 aliphatic heterocycles. The summed E-state index contributed by atoms with van der Waals surface area (Å²) in [5.41, 5.74) is 0.812. The number of rotatable bonds is 6. The Hall–Kier alpha value is -4.27. The zero-order valence-electron chi connectivity index (χ0n) is 16.1. The minimum absolute atomic E-state index is 0.0626. The fourth-order valence-electron chi connectivity index (χ4n) is 3.16. The van der Waals surface area contributed by atoms with Crippen LogP contribution in [0.4, 0.5) is 17.7 Å². The van der Waals surface area contributed by atoms with Gasteiger partial charge in [-0.2, -0.15) is 15.2 Å². The van der Waals surface area contributed by atoms with Gasteiger partial charge >= 0.3 is 0 Å². The number of hydrogen-bond donors (Lipinski definition) is 2. The quantitative estimate of drug-likeness (QED) is 0.558. The van der Waals surface area contributed by atoms with Gasteiger partial charge in [0.2, 0.25) is 23.7 Å². The van der Waals surface area contributed by atoms with E-state index in [1.54, 1.807) is 16.9 Å². The predicted octanol–water partition coefficient (Wildman–Crippen LogP) is 0.610. The lowest BCUT2D eigenvalue weighted by atomic mass is 10.3. The molecule has 12 nitrogen and oxygen atoms in total. The highest BCUT2D eigenvalue weighted by atomic mass is 16.5. The fraction of sp³-hybridized carbons (Fsp3) is 0.278. The van der Waals surface area contributed by atoms with Crippen molar-refractivity contribution in [1.82, 2.24) is 29.5 Å². The van der Waals surface area contributed by atoms with Crippen LogP contribution in [0.5, 0.6) is 5.88 Å². The Morgan fingerprint density at radius 1 is 1.40 bits per heavy atom. The molecular formula is C18H18N10O2. The number of amides is 1. The van der Waals surface area contributed by atoms with E-state index in [-0.39, 0.29) is 29.3 Å². The zero-order chi connectivity index (χ0) is 21.1. The number of nitriles is 1. The maximum Gasteiger partial charge on any atom is 0.250 e. The third kappa shape index (κ3) is 3.68. The summed E-state index contributed by atoms with van der Waals surface area (Å²) in [6, 6.07) is 2.05. The minimum atomic E-state index is -0.385. The molecule has 0 aliphatic carbocycles. The molecule has 0 saturated carbocycles. The molecule has 1 atom stereocenters. The van der Waals surface area contributed by atoms with E-state index in [1.807, 2.05) is 6.07 Å². The highest BCUT2D eigenvalue weighted by Crippen LogP contribution is 2.24. The van der Waals surface area contributed by atoms with Crippen molar-refractivity contribution in [3.8, 4) is 11.9 Å². The average Bonchev–Trinajstić information content (AvgIpc) is 3.39. The van der Waals surface area contributed by atoms with Gasteiger partial charge in [-0.05, 0) is 12.5 Å². The molecule has 1 saturated heterocycles. The van der Waals surface area contributed by atoms with Crippen LogP contribution in [0, 0.1) is 11.3 Å². The average molecular weight is 406 g/mol. The van der Waals surface area contributed by atoms with E-state index in [1.165, 1.54) is 13.3 Å². The molecule has 152 valence electrons. The second-order valence-corrected chi connectivity index (χ2v) is 6.45. The molecule has 1 amide bonds. The molecule has 4 heterocycles. The molecule has 3 aromatic heterocycles. The van der Waals surface area contributed by atoms with Gasteiger partial charge in [-0.1, -0.05) is 6.58 Å². The Balaban J connectivity index is 1.50. The largest absolute Gasteiger partial charge is 0.480 e. The molecule has 0 bridgehead atoms. The lowest BCUT2D eigenvalue weighted by molar-refractivity contribution is -0.111. The van der Waals surface area contributed by atoms with Crippen molar-refractivity contribution in [2.45, 2.75) is 12.5 Å². The van der Waals surface area contributed by atoms with Gasteiger partial charge < -0.3 is 15.0 Å². The first kappa shape index (κ1) is 19.1. The first-order valence-electron chi connectivity index (χ1n) is 9.08. The summed E-state index contributed by atoms with van der Waals surface area (Å²) in [7, 11) is 1.46. The Morgan fingerprint density at radius 2 is 2.27 bits per heavy atom. The van der Waals surface area contributed by atoms with Gasteiger partial charge in [-0.25, -0.2) is 14.5 Å². The Kier molecular flexibility index (Phi) is 5.08. The number of carbonyl (C=O) groups is 1. The molecule has 1 unspecified atom stereocenters. The van der Waals surface area contributed by atoms with Crippen molar-refractivity contribution in [3.05, 3.63) is 36.8 Å². The summed E-state index contributed by atoms with van der Waals surface area (Å²) in [6.07, 6.45) is 6.70. The summed E-state index contributed by atoms with van der Waals surface area (Å²) in [5, 5.41) is 19.1. The SMILES string of the molecule is C=CC(=O)Nc1nc2c(N3CCC(Nc4ncc(C#N)c(OC)n4)C3)nccn2n1. The Bertz CT molecular complexity index is 1150. The number of anilines is 3. The second-order valence-electron chi connectivity index (χ2n) is 6.45. The maximum atomic E-state index is 11.5. The van der Waals surface area contributed by atoms with Crippen LogP contribution in [0.2, 0.25) is 0 Å². The van der Waals surface area contributed by atoms with Gasteiger partial charge in [-0.3, -0.25) is 10.1 Å². The fourth-order valence-corrected chi connectivity index (χ4v) is 3.16. The molecule has 0 aromatic carbocycles. The van der Waals surface area contributed by atoms with E-state index < -0.39 is 0 Å². The molecule has 2 N–H and O–H groups in total. The van der Waals surface area contributed by atoms with Crippen molar-refractivity contribution in [2.75, 3.05) is 35.7 Å². The molecule has 0 radical (unpaired) electrons. The molecule has 12 heteroatoms.